The molecule has 0 radical (unpaired) electrons. The number of para-hydroxylation sites is 1. The molecule has 0 atom stereocenters. The third kappa shape index (κ3) is 6.21. The first-order valence-corrected chi connectivity index (χ1v) is 14.6. The minimum absolute atomic E-state index is 0.0819. The molecule has 2 saturated heterocycles. The van der Waals surface area contributed by atoms with Crippen LogP contribution in [0.5, 0.6) is 5.75 Å². The molecular formula is C32H43N5O2. The summed E-state index contributed by atoms with van der Waals surface area (Å²) in [6.07, 6.45) is 0. The highest BCUT2D eigenvalue weighted by Crippen LogP contribution is 2.31. The number of anilines is 1. The second-order valence-electron chi connectivity index (χ2n) is 10.5. The molecular weight excluding hydrogens is 486 g/mol. The number of benzene rings is 2. The molecule has 208 valence electrons. The van der Waals surface area contributed by atoms with Crippen LogP contribution < -0.4 is 15.2 Å². The zero-order chi connectivity index (χ0) is 27.2. The van der Waals surface area contributed by atoms with Gasteiger partial charge in [0.05, 0.1) is 12.3 Å². The van der Waals surface area contributed by atoms with E-state index in [2.05, 4.69) is 51.6 Å². The van der Waals surface area contributed by atoms with Crippen molar-refractivity contribution >= 4 is 5.82 Å². The maximum Gasteiger partial charge on any atom is 0.261 e. The van der Waals surface area contributed by atoms with Crippen LogP contribution in [0, 0.1) is 0 Å². The van der Waals surface area contributed by atoms with E-state index in [9.17, 15) is 4.79 Å². The molecule has 39 heavy (non-hydrogen) atoms. The Bertz CT molecular complexity index is 1260. The third-order valence-corrected chi connectivity index (χ3v) is 8.22. The van der Waals surface area contributed by atoms with Crippen LogP contribution in [0.2, 0.25) is 0 Å². The van der Waals surface area contributed by atoms with Crippen molar-refractivity contribution in [3.63, 3.8) is 0 Å². The minimum Gasteiger partial charge on any atom is -0.494 e. The molecule has 1 aromatic heterocycles. The lowest BCUT2D eigenvalue weighted by atomic mass is 9.99. The van der Waals surface area contributed by atoms with Crippen LogP contribution >= 0.6 is 0 Å². The zero-order valence-electron chi connectivity index (χ0n) is 23.8. The van der Waals surface area contributed by atoms with Gasteiger partial charge in [-0.25, -0.2) is 0 Å². The molecule has 3 heterocycles. The molecule has 5 rings (SSSR count). The lowest BCUT2D eigenvalue weighted by Crippen LogP contribution is -2.48. The molecule has 2 aliphatic heterocycles. The van der Waals surface area contributed by atoms with Gasteiger partial charge in [-0.2, -0.15) is 0 Å². The summed E-state index contributed by atoms with van der Waals surface area (Å²) in [4.78, 5) is 24.4. The Hall–Kier alpha value is -3.13. The standard InChI is InChI=1S/C32H43N5O2/c1-4-33-16-18-35(19-17-33)25-30-29(26-12-14-28(15-13-26)39-6-3)24-31(36-22-20-34(5-2)21-23-36)37(32(30)38)27-10-8-7-9-11-27/h7-15,24H,4-6,16-23,25H2,1-3H3. The predicted molar refractivity (Wildman–Crippen MR) is 160 cm³/mol. The monoisotopic (exact) mass is 529 g/mol. The largest absolute Gasteiger partial charge is 0.494 e. The van der Waals surface area contributed by atoms with E-state index in [1.165, 1.54) is 0 Å². The van der Waals surface area contributed by atoms with Crippen LogP contribution in [0.25, 0.3) is 16.8 Å². The first-order chi connectivity index (χ1) is 19.1. The lowest BCUT2D eigenvalue weighted by molar-refractivity contribution is 0.131. The normalized spacial score (nSPS) is 17.5. The summed E-state index contributed by atoms with van der Waals surface area (Å²) in [5, 5.41) is 0. The summed E-state index contributed by atoms with van der Waals surface area (Å²) < 4.78 is 7.67. The van der Waals surface area contributed by atoms with Crippen molar-refractivity contribution in [2.75, 3.05) is 77.0 Å². The van der Waals surface area contributed by atoms with Crippen molar-refractivity contribution in [2.45, 2.75) is 27.3 Å². The van der Waals surface area contributed by atoms with Crippen LogP contribution in [0.1, 0.15) is 26.3 Å². The Labute approximate surface area is 233 Å². The lowest BCUT2D eigenvalue weighted by Gasteiger charge is -2.37. The number of rotatable bonds is 9. The third-order valence-electron chi connectivity index (χ3n) is 8.22. The van der Waals surface area contributed by atoms with E-state index in [4.69, 9.17) is 4.74 Å². The average molecular weight is 530 g/mol. The first kappa shape index (κ1) is 27.4. The fourth-order valence-corrected chi connectivity index (χ4v) is 5.78. The van der Waals surface area contributed by atoms with Gasteiger partial charge in [-0.3, -0.25) is 14.3 Å². The van der Waals surface area contributed by atoms with Crippen molar-refractivity contribution in [1.82, 2.24) is 19.3 Å². The number of pyridine rings is 1. The number of likely N-dealkylation sites (N-methyl/N-ethyl adjacent to an activating group) is 2. The Kier molecular flexibility index (Phi) is 9.02. The van der Waals surface area contributed by atoms with Gasteiger partial charge in [0.1, 0.15) is 11.6 Å². The molecule has 0 N–H and O–H groups in total. The van der Waals surface area contributed by atoms with Crippen LogP contribution in [-0.4, -0.2) is 91.3 Å². The van der Waals surface area contributed by atoms with Crippen LogP contribution in [-0.2, 0) is 6.54 Å². The van der Waals surface area contributed by atoms with Gasteiger partial charge in [0.2, 0.25) is 0 Å². The second-order valence-corrected chi connectivity index (χ2v) is 10.5. The molecule has 7 nitrogen and oxygen atoms in total. The van der Waals surface area contributed by atoms with Crippen LogP contribution in [0.3, 0.4) is 0 Å². The number of ether oxygens (including phenoxy) is 1. The van der Waals surface area contributed by atoms with E-state index in [1.807, 2.05) is 54.0 Å². The maximum atomic E-state index is 14.6. The summed E-state index contributed by atoms with van der Waals surface area (Å²) in [7, 11) is 0. The van der Waals surface area contributed by atoms with Gasteiger partial charge < -0.3 is 19.4 Å². The van der Waals surface area contributed by atoms with Crippen molar-refractivity contribution in [1.29, 1.82) is 0 Å². The summed E-state index contributed by atoms with van der Waals surface area (Å²) in [5.74, 6) is 1.83. The topological polar surface area (TPSA) is 44.2 Å². The van der Waals surface area contributed by atoms with Crippen molar-refractivity contribution in [3.8, 4) is 22.6 Å². The Morgan fingerprint density at radius 1 is 0.718 bits per heavy atom. The zero-order valence-corrected chi connectivity index (χ0v) is 23.8. The van der Waals surface area contributed by atoms with Crippen molar-refractivity contribution in [2.24, 2.45) is 0 Å². The second kappa shape index (κ2) is 12.8. The Morgan fingerprint density at radius 3 is 1.90 bits per heavy atom. The number of nitrogens with zero attached hydrogens (tertiary/aromatic N) is 5. The van der Waals surface area contributed by atoms with Gasteiger partial charge in [-0.15, -0.1) is 0 Å². The molecule has 2 aliphatic rings. The van der Waals surface area contributed by atoms with E-state index >= 15 is 0 Å². The highest BCUT2D eigenvalue weighted by atomic mass is 16.5. The number of hydrogen-bond acceptors (Lipinski definition) is 6. The summed E-state index contributed by atoms with van der Waals surface area (Å²) in [6.45, 7) is 17.7. The summed E-state index contributed by atoms with van der Waals surface area (Å²) in [6, 6.07) is 20.7. The van der Waals surface area contributed by atoms with Crippen LogP contribution in [0.4, 0.5) is 5.82 Å². The molecule has 0 spiro atoms. The quantitative estimate of drug-likeness (QED) is 0.414. The van der Waals surface area contributed by atoms with Gasteiger partial charge in [0.25, 0.3) is 5.56 Å². The molecule has 3 aromatic rings. The van der Waals surface area contributed by atoms with E-state index in [1.54, 1.807) is 0 Å². The SMILES string of the molecule is CCOc1ccc(-c2cc(N3CCN(CC)CC3)n(-c3ccccc3)c(=O)c2CN2CCN(CC)CC2)cc1. The molecule has 0 amide bonds. The van der Waals surface area contributed by atoms with E-state index < -0.39 is 0 Å². The summed E-state index contributed by atoms with van der Waals surface area (Å²) >= 11 is 0. The number of aromatic nitrogens is 1. The molecule has 2 fully saturated rings. The number of piperazine rings is 2. The molecule has 7 heteroatoms. The fraction of sp³-hybridized carbons (Fsp3) is 0.469. The highest BCUT2D eigenvalue weighted by molar-refractivity contribution is 5.72. The fourth-order valence-electron chi connectivity index (χ4n) is 5.78. The van der Waals surface area contributed by atoms with Crippen LogP contribution in [0.15, 0.2) is 65.5 Å². The number of hydrogen-bond donors (Lipinski definition) is 0. The predicted octanol–water partition coefficient (Wildman–Crippen LogP) is 4.18. The molecule has 0 saturated carbocycles. The summed E-state index contributed by atoms with van der Waals surface area (Å²) in [5.41, 5.74) is 3.96. The molecule has 0 unspecified atom stereocenters. The highest BCUT2D eigenvalue weighted by Gasteiger charge is 2.25. The Balaban J connectivity index is 1.62. The van der Waals surface area contributed by atoms with E-state index in [-0.39, 0.29) is 5.56 Å². The molecule has 0 bridgehead atoms. The van der Waals surface area contributed by atoms with Gasteiger partial charge in [0, 0.05) is 64.5 Å². The Morgan fingerprint density at radius 2 is 1.31 bits per heavy atom. The van der Waals surface area contributed by atoms with E-state index in [0.717, 1.165) is 99.4 Å². The van der Waals surface area contributed by atoms with Crippen molar-refractivity contribution in [3.05, 3.63) is 76.6 Å². The van der Waals surface area contributed by atoms with Gasteiger partial charge >= 0.3 is 0 Å². The van der Waals surface area contributed by atoms with E-state index in [0.29, 0.717) is 13.2 Å². The van der Waals surface area contributed by atoms with Crippen molar-refractivity contribution < 1.29 is 4.74 Å². The van der Waals surface area contributed by atoms with Gasteiger partial charge in [0.15, 0.2) is 0 Å². The molecule has 0 aliphatic carbocycles. The first-order valence-electron chi connectivity index (χ1n) is 14.6. The molecule has 2 aromatic carbocycles. The smallest absolute Gasteiger partial charge is 0.261 e. The van der Waals surface area contributed by atoms with Gasteiger partial charge in [-0.05, 0) is 61.5 Å². The average Bonchev–Trinajstić information content (AvgIpc) is 2.99. The minimum atomic E-state index is 0.0819. The maximum absolute atomic E-state index is 14.6. The van der Waals surface area contributed by atoms with Gasteiger partial charge in [-0.1, -0.05) is 44.2 Å².